The summed E-state index contributed by atoms with van der Waals surface area (Å²) in [5, 5.41) is 8.53. The molecule has 0 aromatic rings. The molecular formula is C12H21NO4. The van der Waals surface area contributed by atoms with Gasteiger partial charge in [0.1, 0.15) is 0 Å². The van der Waals surface area contributed by atoms with E-state index in [0.717, 1.165) is 12.8 Å². The number of carbonyl (C=O) groups excluding carboxylic acids is 1. The molecule has 0 saturated carbocycles. The predicted octanol–water partition coefficient (Wildman–Crippen LogP) is 1.13. The number of hydrogen-bond donors (Lipinski definition) is 1. The van der Waals surface area contributed by atoms with Crippen LogP contribution in [0, 0.1) is 5.41 Å². The fourth-order valence-electron chi connectivity index (χ4n) is 2.16. The second-order valence-electron chi connectivity index (χ2n) is 5.02. The highest BCUT2D eigenvalue weighted by Crippen LogP contribution is 2.31. The lowest BCUT2D eigenvalue weighted by Gasteiger charge is -2.39. The Kier molecular flexibility index (Phi) is 4.93. The molecule has 0 radical (unpaired) electrons. The van der Waals surface area contributed by atoms with E-state index < -0.39 is 5.97 Å². The first-order valence-corrected chi connectivity index (χ1v) is 5.95. The molecular weight excluding hydrogens is 222 g/mol. The minimum Gasteiger partial charge on any atom is -0.481 e. The summed E-state index contributed by atoms with van der Waals surface area (Å²) >= 11 is 0. The maximum absolute atomic E-state index is 11.7. The van der Waals surface area contributed by atoms with E-state index in [9.17, 15) is 9.59 Å². The van der Waals surface area contributed by atoms with E-state index in [1.54, 1.807) is 12.0 Å². The topological polar surface area (TPSA) is 66.8 Å². The van der Waals surface area contributed by atoms with Crippen molar-refractivity contribution in [2.24, 2.45) is 5.41 Å². The van der Waals surface area contributed by atoms with E-state index in [1.807, 2.05) is 0 Å². The summed E-state index contributed by atoms with van der Waals surface area (Å²) in [6.07, 6.45) is 1.86. The minimum atomic E-state index is -0.917. The molecule has 1 aliphatic rings. The molecule has 1 rings (SSSR count). The van der Waals surface area contributed by atoms with Gasteiger partial charge in [0.05, 0.1) is 13.0 Å². The van der Waals surface area contributed by atoms with Crippen molar-refractivity contribution in [2.45, 2.75) is 32.6 Å². The van der Waals surface area contributed by atoms with Crippen molar-refractivity contribution in [3.8, 4) is 0 Å². The lowest BCUT2D eigenvalue weighted by Crippen LogP contribution is -2.43. The monoisotopic (exact) mass is 243 g/mol. The first-order chi connectivity index (χ1) is 7.97. The van der Waals surface area contributed by atoms with Gasteiger partial charge in [0.2, 0.25) is 5.91 Å². The van der Waals surface area contributed by atoms with Crippen LogP contribution in [0.1, 0.15) is 32.6 Å². The zero-order chi connectivity index (χ0) is 12.9. The van der Waals surface area contributed by atoms with Gasteiger partial charge in [-0.15, -0.1) is 0 Å². The summed E-state index contributed by atoms with van der Waals surface area (Å²) in [6, 6.07) is 0. The Morgan fingerprint density at radius 2 is 1.88 bits per heavy atom. The molecule has 1 amide bonds. The van der Waals surface area contributed by atoms with Gasteiger partial charge in [0.15, 0.2) is 0 Å². The molecule has 0 aromatic carbocycles. The van der Waals surface area contributed by atoms with Gasteiger partial charge in [-0.25, -0.2) is 0 Å². The molecule has 17 heavy (non-hydrogen) atoms. The third-order valence-corrected chi connectivity index (χ3v) is 3.37. The number of piperidine rings is 1. The zero-order valence-corrected chi connectivity index (χ0v) is 10.6. The third kappa shape index (κ3) is 4.34. The van der Waals surface area contributed by atoms with Crippen molar-refractivity contribution >= 4 is 11.9 Å². The van der Waals surface area contributed by atoms with Crippen molar-refractivity contribution in [2.75, 3.05) is 26.8 Å². The fourth-order valence-corrected chi connectivity index (χ4v) is 2.16. The molecule has 0 aromatic heterocycles. The Morgan fingerprint density at radius 1 is 1.29 bits per heavy atom. The van der Waals surface area contributed by atoms with Crippen LogP contribution in [-0.2, 0) is 14.3 Å². The van der Waals surface area contributed by atoms with Gasteiger partial charge in [-0.05, 0) is 18.3 Å². The molecule has 5 nitrogen and oxygen atoms in total. The van der Waals surface area contributed by atoms with Crippen molar-refractivity contribution < 1.29 is 19.4 Å². The molecule has 0 unspecified atom stereocenters. The minimum absolute atomic E-state index is 0.0492. The summed E-state index contributed by atoms with van der Waals surface area (Å²) < 4.78 is 5.18. The Bertz CT molecular complexity index is 282. The molecule has 0 aliphatic carbocycles. The number of aliphatic carboxylic acids is 1. The number of rotatable bonds is 5. The molecule has 1 fully saturated rings. The Morgan fingerprint density at radius 3 is 2.35 bits per heavy atom. The number of likely N-dealkylation sites (tertiary alicyclic amines) is 1. The summed E-state index contributed by atoms with van der Waals surface area (Å²) in [5.74, 6) is -0.966. The van der Waals surface area contributed by atoms with E-state index in [2.05, 4.69) is 6.92 Å². The average Bonchev–Trinajstić information content (AvgIpc) is 2.27. The summed E-state index contributed by atoms with van der Waals surface area (Å²) in [6.45, 7) is 4.29. The maximum atomic E-state index is 11.7. The third-order valence-electron chi connectivity index (χ3n) is 3.37. The van der Waals surface area contributed by atoms with E-state index in [1.165, 1.54) is 0 Å². The Hall–Kier alpha value is -1.10. The van der Waals surface area contributed by atoms with Gasteiger partial charge in [0, 0.05) is 26.6 Å². The molecule has 0 atom stereocenters. The lowest BCUT2D eigenvalue weighted by atomic mass is 9.81. The molecule has 1 saturated heterocycles. The first kappa shape index (κ1) is 14.0. The number of hydrogen-bond acceptors (Lipinski definition) is 3. The molecule has 1 heterocycles. The van der Waals surface area contributed by atoms with Gasteiger partial charge >= 0.3 is 5.97 Å². The number of ether oxygens (including phenoxy) is 1. The summed E-state index contributed by atoms with van der Waals surface area (Å²) in [5.41, 5.74) is 0.151. The smallest absolute Gasteiger partial charge is 0.303 e. The maximum Gasteiger partial charge on any atom is 0.303 e. The normalized spacial score (nSPS) is 19.1. The molecule has 1 N–H and O–H groups in total. The second kappa shape index (κ2) is 6.00. The fraction of sp³-hybridized carbons (Fsp3) is 0.833. The molecule has 98 valence electrons. The van der Waals surface area contributed by atoms with Crippen LogP contribution in [0.15, 0.2) is 0 Å². The van der Waals surface area contributed by atoms with Crippen LogP contribution in [0.4, 0.5) is 0 Å². The number of nitrogens with zero attached hydrogens (tertiary/aromatic N) is 1. The molecule has 0 bridgehead atoms. The van der Waals surface area contributed by atoms with Crippen LogP contribution in [0.3, 0.4) is 0 Å². The Labute approximate surface area is 102 Å². The highest BCUT2D eigenvalue weighted by molar-refractivity contribution is 5.80. The summed E-state index contributed by atoms with van der Waals surface area (Å²) in [7, 11) is 1.69. The van der Waals surface area contributed by atoms with Gasteiger partial charge < -0.3 is 14.7 Å². The van der Waals surface area contributed by atoms with E-state index in [-0.39, 0.29) is 24.2 Å². The van der Waals surface area contributed by atoms with Crippen LogP contribution in [0.5, 0.6) is 0 Å². The van der Waals surface area contributed by atoms with Gasteiger partial charge in [-0.1, -0.05) is 6.92 Å². The largest absolute Gasteiger partial charge is 0.481 e. The van der Waals surface area contributed by atoms with E-state index >= 15 is 0 Å². The van der Waals surface area contributed by atoms with Crippen LogP contribution in [-0.4, -0.2) is 48.7 Å². The number of carboxylic acid groups (broad SMARTS) is 1. The lowest BCUT2D eigenvalue weighted by molar-refractivity contribution is -0.141. The zero-order valence-electron chi connectivity index (χ0n) is 10.6. The van der Waals surface area contributed by atoms with Crippen LogP contribution in [0.2, 0.25) is 0 Å². The van der Waals surface area contributed by atoms with Gasteiger partial charge in [0.25, 0.3) is 0 Å². The van der Waals surface area contributed by atoms with Crippen molar-refractivity contribution in [3.05, 3.63) is 0 Å². The molecule has 1 aliphatic heterocycles. The van der Waals surface area contributed by atoms with Crippen molar-refractivity contribution in [1.29, 1.82) is 0 Å². The standard InChI is InChI=1S/C12H21NO4/c1-12(9-17-2)5-7-13(8-6-12)10(14)3-4-11(15)16/h3-9H2,1-2H3,(H,15,16). The first-order valence-electron chi connectivity index (χ1n) is 5.95. The van der Waals surface area contributed by atoms with Crippen LogP contribution < -0.4 is 0 Å². The number of amides is 1. The van der Waals surface area contributed by atoms with Crippen molar-refractivity contribution in [1.82, 2.24) is 4.90 Å². The van der Waals surface area contributed by atoms with Crippen molar-refractivity contribution in [3.63, 3.8) is 0 Å². The molecule has 0 spiro atoms. The van der Waals surface area contributed by atoms with Gasteiger partial charge in [-0.3, -0.25) is 9.59 Å². The quantitative estimate of drug-likeness (QED) is 0.786. The number of carboxylic acids is 1. The summed E-state index contributed by atoms with van der Waals surface area (Å²) in [4.78, 5) is 23.9. The Balaban J connectivity index is 2.36. The van der Waals surface area contributed by atoms with E-state index in [0.29, 0.717) is 19.7 Å². The SMILES string of the molecule is COCC1(C)CCN(C(=O)CCC(=O)O)CC1. The van der Waals surface area contributed by atoms with Crippen LogP contribution >= 0.6 is 0 Å². The molecule has 5 heteroatoms. The number of methoxy groups -OCH3 is 1. The van der Waals surface area contributed by atoms with Gasteiger partial charge in [-0.2, -0.15) is 0 Å². The highest BCUT2D eigenvalue weighted by Gasteiger charge is 2.31. The average molecular weight is 243 g/mol. The second-order valence-corrected chi connectivity index (χ2v) is 5.02. The van der Waals surface area contributed by atoms with E-state index in [4.69, 9.17) is 9.84 Å². The predicted molar refractivity (Wildman–Crippen MR) is 62.7 cm³/mol. The van der Waals surface area contributed by atoms with Crippen LogP contribution in [0.25, 0.3) is 0 Å². The highest BCUT2D eigenvalue weighted by atomic mass is 16.5. The number of carbonyl (C=O) groups is 2.